The minimum atomic E-state index is -0.472. The van der Waals surface area contributed by atoms with Crippen LogP contribution in [0.2, 0.25) is 0 Å². The molecule has 1 aliphatic heterocycles. The van der Waals surface area contributed by atoms with Crippen LogP contribution in [0.25, 0.3) is 0 Å². The fraction of sp³-hybridized carbons (Fsp3) is 0.250. The number of aromatic amines is 1. The number of fused-ring (bicyclic) bond motifs is 1. The van der Waals surface area contributed by atoms with Crippen molar-refractivity contribution in [2.75, 3.05) is 10.2 Å². The molecule has 1 aromatic heterocycles. The molecule has 1 atom stereocenters. The molecule has 0 aliphatic carbocycles. The zero-order valence-corrected chi connectivity index (χ0v) is 11.8. The quantitative estimate of drug-likeness (QED) is 0.909. The summed E-state index contributed by atoms with van der Waals surface area (Å²) in [6.45, 7) is 2.01. The summed E-state index contributed by atoms with van der Waals surface area (Å²) in [5.41, 5.74) is 1.91. The summed E-state index contributed by atoms with van der Waals surface area (Å²) >= 11 is 0. The van der Waals surface area contributed by atoms with Gasteiger partial charge in [0.05, 0.1) is 11.4 Å². The standard InChI is InChI=1S/C16H17N3O2/c1-2-6-14-15(20)18-11-7-3-4-9-13(11)19(14)16(21)12-8-5-10-17-12/h3-5,7-10,14,17H,2,6H2,1H3,(H,18,20). The molecule has 21 heavy (non-hydrogen) atoms. The van der Waals surface area contributed by atoms with Crippen molar-refractivity contribution in [2.45, 2.75) is 25.8 Å². The van der Waals surface area contributed by atoms with Crippen molar-refractivity contribution in [2.24, 2.45) is 0 Å². The molecule has 0 bridgehead atoms. The molecule has 1 aliphatic rings. The number of aromatic nitrogens is 1. The van der Waals surface area contributed by atoms with E-state index in [2.05, 4.69) is 10.3 Å². The van der Waals surface area contributed by atoms with Gasteiger partial charge in [-0.15, -0.1) is 0 Å². The predicted octanol–water partition coefficient (Wildman–Crippen LogP) is 2.78. The number of para-hydroxylation sites is 2. The number of carbonyl (C=O) groups is 2. The number of carbonyl (C=O) groups excluding carboxylic acids is 2. The van der Waals surface area contributed by atoms with Crippen molar-refractivity contribution in [3.63, 3.8) is 0 Å². The molecule has 0 saturated carbocycles. The van der Waals surface area contributed by atoms with Crippen molar-refractivity contribution in [3.05, 3.63) is 48.3 Å². The molecule has 2 amide bonds. The molecular formula is C16H17N3O2. The Balaban J connectivity index is 2.07. The van der Waals surface area contributed by atoms with Gasteiger partial charge < -0.3 is 10.3 Å². The number of nitrogens with one attached hydrogen (secondary N) is 2. The zero-order chi connectivity index (χ0) is 14.8. The average Bonchev–Trinajstić information content (AvgIpc) is 3.02. The summed E-state index contributed by atoms with van der Waals surface area (Å²) in [4.78, 5) is 29.6. The highest BCUT2D eigenvalue weighted by Crippen LogP contribution is 2.34. The van der Waals surface area contributed by atoms with Crippen LogP contribution in [-0.4, -0.2) is 22.8 Å². The van der Waals surface area contributed by atoms with E-state index in [-0.39, 0.29) is 11.8 Å². The monoisotopic (exact) mass is 283 g/mol. The van der Waals surface area contributed by atoms with Crippen molar-refractivity contribution in [1.29, 1.82) is 0 Å². The van der Waals surface area contributed by atoms with E-state index in [0.29, 0.717) is 17.8 Å². The van der Waals surface area contributed by atoms with Crippen LogP contribution in [0.15, 0.2) is 42.6 Å². The van der Waals surface area contributed by atoms with Gasteiger partial charge in [0.2, 0.25) is 5.91 Å². The Morgan fingerprint density at radius 3 is 2.76 bits per heavy atom. The highest BCUT2D eigenvalue weighted by molar-refractivity contribution is 6.16. The molecule has 5 nitrogen and oxygen atoms in total. The van der Waals surface area contributed by atoms with Gasteiger partial charge in [-0.25, -0.2) is 0 Å². The van der Waals surface area contributed by atoms with E-state index >= 15 is 0 Å². The molecular weight excluding hydrogens is 266 g/mol. The van der Waals surface area contributed by atoms with Gasteiger partial charge in [0, 0.05) is 6.20 Å². The number of rotatable bonds is 3. The molecule has 3 rings (SSSR count). The number of anilines is 2. The number of hydrogen-bond acceptors (Lipinski definition) is 2. The third-order valence-electron chi connectivity index (χ3n) is 3.65. The maximum absolute atomic E-state index is 12.8. The Morgan fingerprint density at radius 1 is 1.24 bits per heavy atom. The summed E-state index contributed by atoms with van der Waals surface area (Å²) in [6, 6.07) is 10.4. The normalized spacial score (nSPS) is 17.3. The highest BCUT2D eigenvalue weighted by Gasteiger charge is 2.36. The maximum atomic E-state index is 12.8. The van der Waals surface area contributed by atoms with Crippen LogP contribution in [-0.2, 0) is 4.79 Å². The second kappa shape index (κ2) is 5.44. The molecule has 2 aromatic rings. The largest absolute Gasteiger partial charge is 0.357 e. The SMILES string of the molecule is CCCC1C(=O)Nc2ccccc2N1C(=O)c1ccc[nH]1. The van der Waals surface area contributed by atoms with E-state index in [4.69, 9.17) is 0 Å². The van der Waals surface area contributed by atoms with Gasteiger partial charge in [-0.05, 0) is 30.7 Å². The van der Waals surface area contributed by atoms with E-state index in [1.54, 1.807) is 23.2 Å². The first-order chi connectivity index (χ1) is 10.2. The molecule has 2 heterocycles. The molecule has 2 N–H and O–H groups in total. The smallest absolute Gasteiger partial charge is 0.275 e. The highest BCUT2D eigenvalue weighted by atomic mass is 16.2. The van der Waals surface area contributed by atoms with Crippen molar-refractivity contribution in [1.82, 2.24) is 4.98 Å². The minimum absolute atomic E-state index is 0.129. The number of benzene rings is 1. The molecule has 1 unspecified atom stereocenters. The van der Waals surface area contributed by atoms with Gasteiger partial charge in [-0.1, -0.05) is 25.5 Å². The van der Waals surface area contributed by atoms with Gasteiger partial charge in [0.15, 0.2) is 0 Å². The van der Waals surface area contributed by atoms with Gasteiger partial charge in [-0.3, -0.25) is 14.5 Å². The number of nitrogens with zero attached hydrogens (tertiary/aromatic N) is 1. The Kier molecular flexibility index (Phi) is 3.48. The van der Waals surface area contributed by atoms with E-state index < -0.39 is 6.04 Å². The zero-order valence-electron chi connectivity index (χ0n) is 11.8. The second-order valence-electron chi connectivity index (χ2n) is 5.07. The summed E-state index contributed by atoms with van der Waals surface area (Å²) in [5.74, 6) is -0.309. The van der Waals surface area contributed by atoms with Crippen LogP contribution < -0.4 is 10.2 Å². The maximum Gasteiger partial charge on any atom is 0.275 e. The third kappa shape index (κ3) is 2.31. The van der Waals surface area contributed by atoms with Crippen LogP contribution >= 0.6 is 0 Å². The lowest BCUT2D eigenvalue weighted by atomic mass is 10.0. The summed E-state index contributed by atoms with van der Waals surface area (Å²) in [5, 5.41) is 2.88. The summed E-state index contributed by atoms with van der Waals surface area (Å²) < 4.78 is 0. The molecule has 0 fully saturated rings. The number of H-pyrrole nitrogens is 1. The number of hydrogen-bond donors (Lipinski definition) is 2. The predicted molar refractivity (Wildman–Crippen MR) is 81.4 cm³/mol. The third-order valence-corrected chi connectivity index (χ3v) is 3.65. The fourth-order valence-electron chi connectivity index (χ4n) is 2.67. The molecule has 1 aromatic carbocycles. The molecule has 0 saturated heterocycles. The van der Waals surface area contributed by atoms with Crippen LogP contribution in [0, 0.1) is 0 Å². The number of amides is 2. The van der Waals surface area contributed by atoms with Crippen LogP contribution in [0.1, 0.15) is 30.3 Å². The second-order valence-corrected chi connectivity index (χ2v) is 5.07. The molecule has 0 radical (unpaired) electrons. The van der Waals surface area contributed by atoms with Crippen molar-refractivity contribution < 1.29 is 9.59 Å². The van der Waals surface area contributed by atoms with Gasteiger partial charge in [-0.2, -0.15) is 0 Å². The van der Waals surface area contributed by atoms with Crippen LogP contribution in [0.5, 0.6) is 0 Å². The minimum Gasteiger partial charge on any atom is -0.357 e. The Hall–Kier alpha value is -2.56. The first kappa shape index (κ1) is 13.4. The lowest BCUT2D eigenvalue weighted by Crippen LogP contribution is -2.51. The lowest BCUT2D eigenvalue weighted by Gasteiger charge is -2.36. The summed E-state index contributed by atoms with van der Waals surface area (Å²) in [6.07, 6.45) is 3.17. The van der Waals surface area contributed by atoms with Gasteiger partial charge in [0.25, 0.3) is 5.91 Å². The molecule has 0 spiro atoms. The van der Waals surface area contributed by atoms with Gasteiger partial charge >= 0.3 is 0 Å². The molecule has 108 valence electrons. The Labute approximate surface area is 123 Å². The Bertz CT molecular complexity index is 664. The van der Waals surface area contributed by atoms with Gasteiger partial charge in [0.1, 0.15) is 11.7 Å². The fourth-order valence-corrected chi connectivity index (χ4v) is 2.67. The van der Waals surface area contributed by atoms with E-state index in [1.807, 2.05) is 31.2 Å². The first-order valence-electron chi connectivity index (χ1n) is 7.09. The van der Waals surface area contributed by atoms with Crippen LogP contribution in [0.3, 0.4) is 0 Å². The van der Waals surface area contributed by atoms with Crippen molar-refractivity contribution in [3.8, 4) is 0 Å². The van der Waals surface area contributed by atoms with Crippen LogP contribution in [0.4, 0.5) is 11.4 Å². The summed E-state index contributed by atoms with van der Waals surface area (Å²) in [7, 11) is 0. The first-order valence-corrected chi connectivity index (χ1v) is 7.09. The topological polar surface area (TPSA) is 65.2 Å². The van der Waals surface area contributed by atoms with E-state index in [1.165, 1.54) is 0 Å². The molecule has 5 heteroatoms. The Morgan fingerprint density at radius 2 is 2.05 bits per heavy atom. The van der Waals surface area contributed by atoms with Crippen molar-refractivity contribution >= 4 is 23.2 Å². The van der Waals surface area contributed by atoms with E-state index in [9.17, 15) is 9.59 Å². The van der Waals surface area contributed by atoms with E-state index in [0.717, 1.165) is 12.1 Å². The average molecular weight is 283 g/mol. The lowest BCUT2D eigenvalue weighted by molar-refractivity contribution is -0.117.